The van der Waals surface area contributed by atoms with E-state index in [2.05, 4.69) is 30.8 Å². The Labute approximate surface area is 113 Å². The topological polar surface area (TPSA) is 85.1 Å². The van der Waals surface area contributed by atoms with Crippen LogP contribution in [0.4, 0.5) is 0 Å². The lowest BCUT2D eigenvalue weighted by Crippen LogP contribution is -2.26. The molecular formula is C10H10BrN3O3S. The molecule has 8 heteroatoms. The number of halogens is 1. The Balaban J connectivity index is 2.02. The highest BCUT2D eigenvalue weighted by atomic mass is 79.9. The second kappa shape index (κ2) is 5.59. The number of nitrogens with zero attached hydrogens (tertiary/aromatic N) is 2. The quantitative estimate of drug-likeness (QED) is 0.893. The molecule has 1 heterocycles. The van der Waals surface area contributed by atoms with Gasteiger partial charge in [0.15, 0.2) is 6.33 Å². The smallest absolute Gasteiger partial charge is 0.241 e. The van der Waals surface area contributed by atoms with Gasteiger partial charge in [0, 0.05) is 17.4 Å². The SMILES string of the molecule is O=S(=O)(NCCc1ncno1)c1ccccc1Br. The average Bonchev–Trinajstić information content (AvgIpc) is 2.82. The zero-order valence-corrected chi connectivity index (χ0v) is 11.6. The van der Waals surface area contributed by atoms with Crippen molar-refractivity contribution >= 4 is 26.0 Å². The Hall–Kier alpha value is -1.25. The highest BCUT2D eigenvalue weighted by molar-refractivity contribution is 9.10. The van der Waals surface area contributed by atoms with Gasteiger partial charge in [0.05, 0.1) is 4.90 Å². The third-order valence-corrected chi connectivity index (χ3v) is 4.64. The minimum absolute atomic E-state index is 0.200. The van der Waals surface area contributed by atoms with Gasteiger partial charge in [-0.05, 0) is 28.1 Å². The van der Waals surface area contributed by atoms with Crippen LogP contribution in [0.3, 0.4) is 0 Å². The maximum absolute atomic E-state index is 12.0. The first-order valence-corrected chi connectivity index (χ1v) is 7.37. The number of sulfonamides is 1. The van der Waals surface area contributed by atoms with Crippen molar-refractivity contribution in [1.82, 2.24) is 14.9 Å². The van der Waals surface area contributed by atoms with Gasteiger partial charge in [0.25, 0.3) is 0 Å². The fourth-order valence-electron chi connectivity index (χ4n) is 1.34. The molecule has 0 fully saturated rings. The van der Waals surface area contributed by atoms with Crippen molar-refractivity contribution in [2.45, 2.75) is 11.3 Å². The van der Waals surface area contributed by atoms with E-state index in [0.717, 1.165) is 0 Å². The molecule has 2 rings (SSSR count). The van der Waals surface area contributed by atoms with Crippen LogP contribution in [0, 0.1) is 0 Å². The maximum atomic E-state index is 12.0. The van der Waals surface area contributed by atoms with E-state index in [0.29, 0.717) is 16.8 Å². The van der Waals surface area contributed by atoms with Crippen LogP contribution < -0.4 is 4.72 Å². The van der Waals surface area contributed by atoms with Crippen LogP contribution in [0.2, 0.25) is 0 Å². The minimum Gasteiger partial charge on any atom is -0.340 e. The van der Waals surface area contributed by atoms with Crippen molar-refractivity contribution in [2.75, 3.05) is 6.54 Å². The highest BCUT2D eigenvalue weighted by Gasteiger charge is 2.16. The molecule has 18 heavy (non-hydrogen) atoms. The van der Waals surface area contributed by atoms with Crippen LogP contribution in [0.5, 0.6) is 0 Å². The standard InChI is InChI=1S/C10H10BrN3O3S/c11-8-3-1-2-4-9(8)18(15,16)14-6-5-10-12-7-13-17-10/h1-4,7,14H,5-6H2. The van der Waals surface area contributed by atoms with E-state index in [-0.39, 0.29) is 11.4 Å². The second-order valence-electron chi connectivity index (χ2n) is 3.41. The summed E-state index contributed by atoms with van der Waals surface area (Å²) in [6.07, 6.45) is 1.63. The molecule has 0 aliphatic heterocycles. The fraction of sp³-hybridized carbons (Fsp3) is 0.200. The fourth-order valence-corrected chi connectivity index (χ4v) is 3.37. The van der Waals surface area contributed by atoms with Crippen LogP contribution in [-0.4, -0.2) is 25.1 Å². The third kappa shape index (κ3) is 3.15. The average molecular weight is 332 g/mol. The summed E-state index contributed by atoms with van der Waals surface area (Å²) in [5.41, 5.74) is 0. The molecule has 0 spiro atoms. The maximum Gasteiger partial charge on any atom is 0.241 e. The van der Waals surface area contributed by atoms with E-state index in [4.69, 9.17) is 4.52 Å². The van der Waals surface area contributed by atoms with Crippen molar-refractivity contribution in [3.63, 3.8) is 0 Å². The van der Waals surface area contributed by atoms with E-state index < -0.39 is 10.0 Å². The molecule has 0 saturated carbocycles. The molecule has 0 aliphatic rings. The van der Waals surface area contributed by atoms with E-state index in [9.17, 15) is 8.42 Å². The molecule has 0 unspecified atom stereocenters. The van der Waals surface area contributed by atoms with E-state index >= 15 is 0 Å². The summed E-state index contributed by atoms with van der Waals surface area (Å²) in [6.45, 7) is 0.200. The predicted molar refractivity (Wildman–Crippen MR) is 67.3 cm³/mol. The summed E-state index contributed by atoms with van der Waals surface area (Å²) < 4.78 is 31.7. The first-order valence-electron chi connectivity index (χ1n) is 5.09. The van der Waals surface area contributed by atoms with Crippen molar-refractivity contribution in [2.24, 2.45) is 0 Å². The summed E-state index contributed by atoms with van der Waals surface area (Å²) >= 11 is 3.20. The lowest BCUT2D eigenvalue weighted by atomic mass is 10.4. The molecule has 0 amide bonds. The molecule has 1 aromatic heterocycles. The molecule has 6 nitrogen and oxygen atoms in total. The number of nitrogens with one attached hydrogen (secondary N) is 1. The summed E-state index contributed by atoms with van der Waals surface area (Å²) in [5, 5.41) is 3.44. The Bertz CT molecular complexity index is 613. The van der Waals surface area contributed by atoms with Crippen LogP contribution in [0.1, 0.15) is 5.89 Å². The van der Waals surface area contributed by atoms with Crippen molar-refractivity contribution in [3.05, 3.63) is 41.0 Å². The van der Waals surface area contributed by atoms with Gasteiger partial charge in [0.1, 0.15) is 0 Å². The first kappa shape index (κ1) is 13.2. The molecule has 2 aromatic rings. The third-order valence-electron chi connectivity index (χ3n) is 2.16. The molecule has 1 aromatic carbocycles. The summed E-state index contributed by atoms with van der Waals surface area (Å²) in [5.74, 6) is 0.393. The van der Waals surface area contributed by atoms with E-state index in [1.807, 2.05) is 0 Å². The van der Waals surface area contributed by atoms with E-state index in [1.165, 1.54) is 12.4 Å². The summed E-state index contributed by atoms with van der Waals surface area (Å²) in [6, 6.07) is 6.62. The number of aromatic nitrogens is 2. The van der Waals surface area contributed by atoms with Gasteiger partial charge in [-0.1, -0.05) is 17.3 Å². The van der Waals surface area contributed by atoms with E-state index in [1.54, 1.807) is 18.2 Å². The first-order chi connectivity index (χ1) is 8.59. The number of hydrogen-bond acceptors (Lipinski definition) is 5. The van der Waals surface area contributed by atoms with Gasteiger partial charge >= 0.3 is 0 Å². The Morgan fingerprint density at radius 2 is 2.11 bits per heavy atom. The van der Waals surface area contributed by atoms with Crippen LogP contribution in [-0.2, 0) is 16.4 Å². The van der Waals surface area contributed by atoms with Gasteiger partial charge in [0.2, 0.25) is 15.9 Å². The second-order valence-corrected chi connectivity index (χ2v) is 6.00. The van der Waals surface area contributed by atoms with Gasteiger partial charge in [-0.25, -0.2) is 13.1 Å². The summed E-state index contributed by atoms with van der Waals surface area (Å²) in [7, 11) is -3.53. The monoisotopic (exact) mass is 331 g/mol. The Morgan fingerprint density at radius 3 is 2.78 bits per heavy atom. The largest absolute Gasteiger partial charge is 0.340 e. The molecule has 0 radical (unpaired) electrons. The normalized spacial score (nSPS) is 11.6. The van der Waals surface area contributed by atoms with Gasteiger partial charge in [-0.15, -0.1) is 0 Å². The van der Waals surface area contributed by atoms with Gasteiger partial charge in [-0.2, -0.15) is 4.98 Å². The number of rotatable bonds is 5. The van der Waals surface area contributed by atoms with Gasteiger partial charge in [-0.3, -0.25) is 0 Å². The van der Waals surface area contributed by atoms with Crippen LogP contribution in [0.25, 0.3) is 0 Å². The van der Waals surface area contributed by atoms with Crippen molar-refractivity contribution < 1.29 is 12.9 Å². The highest BCUT2D eigenvalue weighted by Crippen LogP contribution is 2.20. The Kier molecular flexibility index (Phi) is 4.10. The minimum atomic E-state index is -3.53. The molecular weight excluding hydrogens is 322 g/mol. The molecule has 96 valence electrons. The van der Waals surface area contributed by atoms with Crippen molar-refractivity contribution in [3.8, 4) is 0 Å². The van der Waals surface area contributed by atoms with Crippen LogP contribution in [0.15, 0.2) is 44.5 Å². The molecule has 1 N–H and O–H groups in total. The van der Waals surface area contributed by atoms with Crippen LogP contribution >= 0.6 is 15.9 Å². The Morgan fingerprint density at radius 1 is 1.33 bits per heavy atom. The lowest BCUT2D eigenvalue weighted by Gasteiger charge is -2.06. The zero-order chi connectivity index (χ0) is 13.0. The lowest BCUT2D eigenvalue weighted by molar-refractivity contribution is 0.377. The number of benzene rings is 1. The predicted octanol–water partition coefficient (Wildman–Crippen LogP) is 1.35. The molecule has 0 atom stereocenters. The molecule has 0 aliphatic carbocycles. The number of hydrogen-bond donors (Lipinski definition) is 1. The zero-order valence-electron chi connectivity index (χ0n) is 9.21. The molecule has 0 bridgehead atoms. The summed E-state index contributed by atoms with van der Waals surface area (Å²) in [4.78, 5) is 4.01. The van der Waals surface area contributed by atoms with Crippen molar-refractivity contribution in [1.29, 1.82) is 0 Å². The molecule has 0 saturated heterocycles. The van der Waals surface area contributed by atoms with Gasteiger partial charge < -0.3 is 4.52 Å².